The summed E-state index contributed by atoms with van der Waals surface area (Å²) in [5, 5.41) is 3.09. The zero-order valence-electron chi connectivity index (χ0n) is 12.4. The first-order valence-corrected chi connectivity index (χ1v) is 7.68. The molecule has 2 amide bonds. The highest BCUT2D eigenvalue weighted by Crippen LogP contribution is 2.17. The fourth-order valence-electron chi connectivity index (χ4n) is 2.56. The standard InChI is InChI=1S/C15H28N2O2/c1-3-4-11-17(13(2)18)12-10-15(19)16-14-8-6-5-7-9-14/h14H,3-12H2,1-2H3,(H,16,19). The number of hydrogen-bond acceptors (Lipinski definition) is 2. The third-order valence-corrected chi connectivity index (χ3v) is 3.81. The lowest BCUT2D eigenvalue weighted by molar-refractivity contribution is -0.129. The minimum atomic E-state index is 0.0684. The van der Waals surface area contributed by atoms with Crippen molar-refractivity contribution >= 4 is 11.8 Å². The fourth-order valence-corrected chi connectivity index (χ4v) is 2.56. The first kappa shape index (κ1) is 16.0. The number of nitrogens with zero attached hydrogens (tertiary/aromatic N) is 1. The van der Waals surface area contributed by atoms with Gasteiger partial charge in [0.25, 0.3) is 0 Å². The molecule has 1 N–H and O–H groups in total. The maximum atomic E-state index is 11.9. The summed E-state index contributed by atoms with van der Waals surface area (Å²) in [6.07, 6.45) is 8.46. The number of rotatable bonds is 7. The maximum absolute atomic E-state index is 11.9. The van der Waals surface area contributed by atoms with Crippen LogP contribution in [0.5, 0.6) is 0 Å². The molecule has 0 heterocycles. The van der Waals surface area contributed by atoms with Crippen LogP contribution in [0.2, 0.25) is 0 Å². The Morgan fingerprint density at radius 3 is 2.42 bits per heavy atom. The molecule has 0 aromatic rings. The van der Waals surface area contributed by atoms with Crippen molar-refractivity contribution in [1.82, 2.24) is 10.2 Å². The summed E-state index contributed by atoms with van der Waals surface area (Å²) in [5.41, 5.74) is 0. The molecule has 0 bridgehead atoms. The molecule has 0 aromatic carbocycles. The lowest BCUT2D eigenvalue weighted by Crippen LogP contribution is -2.39. The highest BCUT2D eigenvalue weighted by Gasteiger charge is 2.16. The van der Waals surface area contributed by atoms with E-state index in [2.05, 4.69) is 12.2 Å². The predicted octanol–water partition coefficient (Wildman–Crippen LogP) is 2.47. The van der Waals surface area contributed by atoms with Crippen molar-refractivity contribution in [2.24, 2.45) is 0 Å². The van der Waals surface area contributed by atoms with Crippen molar-refractivity contribution in [3.63, 3.8) is 0 Å². The van der Waals surface area contributed by atoms with E-state index >= 15 is 0 Å². The molecule has 0 aliphatic heterocycles. The van der Waals surface area contributed by atoms with Crippen LogP contribution in [-0.4, -0.2) is 35.8 Å². The summed E-state index contributed by atoms with van der Waals surface area (Å²) in [4.78, 5) is 25.1. The Labute approximate surface area is 116 Å². The van der Waals surface area contributed by atoms with Gasteiger partial charge < -0.3 is 10.2 Å². The Morgan fingerprint density at radius 2 is 1.84 bits per heavy atom. The van der Waals surface area contributed by atoms with Crippen LogP contribution in [0.3, 0.4) is 0 Å². The first-order chi connectivity index (χ1) is 9.13. The number of carbonyl (C=O) groups is 2. The summed E-state index contributed by atoms with van der Waals surface area (Å²) in [6, 6.07) is 0.364. The Bertz CT molecular complexity index is 286. The Kier molecular flexibility index (Phi) is 7.53. The predicted molar refractivity (Wildman–Crippen MR) is 76.8 cm³/mol. The van der Waals surface area contributed by atoms with Crippen molar-refractivity contribution in [3.8, 4) is 0 Å². The normalized spacial score (nSPS) is 16.1. The average molecular weight is 268 g/mol. The van der Waals surface area contributed by atoms with Gasteiger partial charge in [-0.25, -0.2) is 0 Å². The van der Waals surface area contributed by atoms with Crippen molar-refractivity contribution in [2.45, 2.75) is 71.3 Å². The van der Waals surface area contributed by atoms with Gasteiger partial charge in [-0.05, 0) is 19.3 Å². The van der Waals surface area contributed by atoms with Gasteiger partial charge in [-0.3, -0.25) is 9.59 Å². The van der Waals surface area contributed by atoms with E-state index < -0.39 is 0 Å². The molecule has 110 valence electrons. The molecule has 0 radical (unpaired) electrons. The highest BCUT2D eigenvalue weighted by atomic mass is 16.2. The molecule has 4 heteroatoms. The fraction of sp³-hybridized carbons (Fsp3) is 0.867. The molecule has 1 saturated carbocycles. The van der Waals surface area contributed by atoms with E-state index in [9.17, 15) is 9.59 Å². The smallest absolute Gasteiger partial charge is 0.221 e. The number of carbonyl (C=O) groups excluding carboxylic acids is 2. The van der Waals surface area contributed by atoms with Crippen LogP contribution in [0.15, 0.2) is 0 Å². The van der Waals surface area contributed by atoms with Crippen LogP contribution < -0.4 is 5.32 Å². The van der Waals surface area contributed by atoms with E-state index in [0.717, 1.165) is 32.2 Å². The molecule has 1 aliphatic rings. The number of unbranched alkanes of at least 4 members (excludes halogenated alkanes) is 1. The molecule has 1 fully saturated rings. The van der Waals surface area contributed by atoms with Gasteiger partial charge in [-0.2, -0.15) is 0 Å². The first-order valence-electron chi connectivity index (χ1n) is 7.68. The quantitative estimate of drug-likeness (QED) is 0.771. The van der Waals surface area contributed by atoms with Crippen LogP contribution in [0, 0.1) is 0 Å². The Balaban J connectivity index is 2.24. The Hall–Kier alpha value is -1.06. The van der Waals surface area contributed by atoms with E-state index in [0.29, 0.717) is 19.0 Å². The molecule has 0 spiro atoms. The van der Waals surface area contributed by atoms with Gasteiger partial charge in [0.05, 0.1) is 0 Å². The number of nitrogens with one attached hydrogen (secondary N) is 1. The van der Waals surface area contributed by atoms with Gasteiger partial charge in [-0.1, -0.05) is 32.6 Å². The second kappa shape index (κ2) is 8.94. The average Bonchev–Trinajstić information content (AvgIpc) is 2.39. The molecular weight excluding hydrogens is 240 g/mol. The molecule has 0 aromatic heterocycles. The summed E-state index contributed by atoms with van der Waals surface area (Å²) >= 11 is 0. The third-order valence-electron chi connectivity index (χ3n) is 3.81. The molecular formula is C15H28N2O2. The van der Waals surface area contributed by atoms with Gasteiger partial charge in [0.1, 0.15) is 0 Å². The third kappa shape index (κ3) is 6.60. The molecule has 0 unspecified atom stereocenters. The van der Waals surface area contributed by atoms with E-state index in [1.165, 1.54) is 19.3 Å². The van der Waals surface area contributed by atoms with Crippen LogP contribution in [0.1, 0.15) is 65.2 Å². The highest BCUT2D eigenvalue weighted by molar-refractivity contribution is 5.78. The van der Waals surface area contributed by atoms with Gasteiger partial charge in [0.2, 0.25) is 11.8 Å². The molecule has 1 rings (SSSR count). The van der Waals surface area contributed by atoms with E-state index in [1.54, 1.807) is 11.8 Å². The molecule has 4 nitrogen and oxygen atoms in total. The summed E-state index contributed by atoms with van der Waals surface area (Å²) in [6.45, 7) is 5.00. The molecule has 0 atom stereocenters. The van der Waals surface area contributed by atoms with Gasteiger partial charge in [0.15, 0.2) is 0 Å². The summed E-state index contributed by atoms with van der Waals surface area (Å²) < 4.78 is 0. The van der Waals surface area contributed by atoms with Crippen LogP contribution in [0.25, 0.3) is 0 Å². The van der Waals surface area contributed by atoms with Crippen molar-refractivity contribution < 1.29 is 9.59 Å². The van der Waals surface area contributed by atoms with E-state index in [-0.39, 0.29) is 11.8 Å². The number of hydrogen-bond donors (Lipinski definition) is 1. The Morgan fingerprint density at radius 1 is 1.16 bits per heavy atom. The lowest BCUT2D eigenvalue weighted by atomic mass is 9.95. The minimum Gasteiger partial charge on any atom is -0.353 e. The number of amides is 2. The van der Waals surface area contributed by atoms with Crippen LogP contribution in [-0.2, 0) is 9.59 Å². The van der Waals surface area contributed by atoms with E-state index in [4.69, 9.17) is 0 Å². The van der Waals surface area contributed by atoms with Gasteiger partial charge in [-0.15, -0.1) is 0 Å². The summed E-state index contributed by atoms with van der Waals surface area (Å²) in [5.74, 6) is 0.161. The van der Waals surface area contributed by atoms with Crippen molar-refractivity contribution in [2.75, 3.05) is 13.1 Å². The van der Waals surface area contributed by atoms with Crippen LogP contribution >= 0.6 is 0 Å². The SMILES string of the molecule is CCCCN(CCC(=O)NC1CCCCC1)C(C)=O. The zero-order chi connectivity index (χ0) is 14.1. The van der Waals surface area contributed by atoms with E-state index in [1.807, 2.05) is 0 Å². The monoisotopic (exact) mass is 268 g/mol. The topological polar surface area (TPSA) is 49.4 Å². The zero-order valence-corrected chi connectivity index (χ0v) is 12.4. The second-order valence-electron chi connectivity index (χ2n) is 5.51. The second-order valence-corrected chi connectivity index (χ2v) is 5.51. The van der Waals surface area contributed by atoms with Crippen molar-refractivity contribution in [1.29, 1.82) is 0 Å². The van der Waals surface area contributed by atoms with Crippen molar-refractivity contribution in [3.05, 3.63) is 0 Å². The minimum absolute atomic E-state index is 0.0684. The molecule has 0 saturated heterocycles. The lowest BCUT2D eigenvalue weighted by Gasteiger charge is -2.24. The van der Waals surface area contributed by atoms with Gasteiger partial charge in [0, 0.05) is 32.5 Å². The largest absolute Gasteiger partial charge is 0.353 e. The maximum Gasteiger partial charge on any atom is 0.221 e. The van der Waals surface area contributed by atoms with Gasteiger partial charge >= 0.3 is 0 Å². The summed E-state index contributed by atoms with van der Waals surface area (Å²) in [7, 11) is 0. The van der Waals surface area contributed by atoms with Crippen LogP contribution in [0.4, 0.5) is 0 Å². The molecule has 1 aliphatic carbocycles. The molecule has 19 heavy (non-hydrogen) atoms.